The first-order chi connectivity index (χ1) is 22.2. The van der Waals surface area contributed by atoms with Gasteiger partial charge in [0.05, 0.1) is 17.9 Å². The minimum atomic E-state index is -1.33. The summed E-state index contributed by atoms with van der Waals surface area (Å²) in [6.07, 6.45) is 5.31. The number of allylic oxidation sites excluding steroid dienone is 2. The van der Waals surface area contributed by atoms with Crippen LogP contribution in [0.4, 0.5) is 16.2 Å². The molecule has 0 fully saturated rings. The van der Waals surface area contributed by atoms with E-state index in [9.17, 15) is 24.9 Å². The highest BCUT2D eigenvalue weighted by Gasteiger charge is 2.30. The molecule has 7 unspecified atom stereocenters. The number of hydrogen-bond donors (Lipinski definition) is 5. The van der Waals surface area contributed by atoms with Gasteiger partial charge in [-0.2, -0.15) is 0 Å². The van der Waals surface area contributed by atoms with Crippen molar-refractivity contribution in [3.8, 4) is 11.5 Å². The van der Waals surface area contributed by atoms with Crippen LogP contribution >= 0.6 is 0 Å². The fourth-order valence-electron chi connectivity index (χ4n) is 5.57. The number of nitrogens with one attached hydrogen (secondary N) is 1. The van der Waals surface area contributed by atoms with Gasteiger partial charge in [-0.1, -0.05) is 38.2 Å². The molecule has 1 heterocycles. The number of aliphatic hydroxyl groups is 1. The predicted molar refractivity (Wildman–Crippen MR) is 186 cm³/mol. The number of methoxy groups -OCH3 is 2. The zero-order valence-electron chi connectivity index (χ0n) is 28.9. The van der Waals surface area contributed by atoms with E-state index in [0.29, 0.717) is 30.6 Å². The molecule has 12 nitrogen and oxygen atoms in total. The molecule has 6 N–H and O–H groups in total. The number of rotatable bonds is 9. The molecule has 47 heavy (non-hydrogen) atoms. The van der Waals surface area contributed by atoms with Crippen molar-refractivity contribution in [1.29, 1.82) is 0 Å². The third kappa shape index (κ3) is 11.9. The number of aliphatic imine (C=N–C) groups is 1. The lowest BCUT2D eigenvalue weighted by Crippen LogP contribution is -2.37. The number of carbonyl (C=O) groups excluding carboxylic acids is 2. The Morgan fingerprint density at radius 3 is 2.53 bits per heavy atom. The lowest BCUT2D eigenvalue weighted by atomic mass is 9.87. The highest BCUT2D eigenvalue weighted by atomic mass is 28.3. The number of primary amides is 1. The van der Waals surface area contributed by atoms with Crippen LogP contribution in [-0.4, -0.2) is 87.8 Å². The molecule has 262 valence electrons. The summed E-state index contributed by atoms with van der Waals surface area (Å²) in [5.74, 6) is -1.51. The number of phenols is 2. The molecule has 1 aromatic rings. The molecule has 0 spiro atoms. The van der Waals surface area contributed by atoms with E-state index in [2.05, 4.69) is 16.9 Å². The van der Waals surface area contributed by atoms with Gasteiger partial charge in [-0.05, 0) is 64.1 Å². The SMILES string of the molecule is CCO[SiH](C)CCC=Nc1c(O)cc2c(O)c1CC(C)CC(OC)C(O)C(C)C=C(C)C(OC(N)=O)C(OC)C=C/C=C(\C)C(=O)N2. The lowest BCUT2D eigenvalue weighted by molar-refractivity contribution is -0.112. The quantitative estimate of drug-likeness (QED) is 0.0787. The van der Waals surface area contributed by atoms with Crippen LogP contribution in [0.15, 0.2) is 46.5 Å². The average molecular weight is 676 g/mol. The number of anilines is 1. The van der Waals surface area contributed by atoms with Crippen molar-refractivity contribution < 1.29 is 43.5 Å². The van der Waals surface area contributed by atoms with Gasteiger partial charge in [0.15, 0.2) is 15.1 Å². The van der Waals surface area contributed by atoms with Crippen molar-refractivity contribution in [3.05, 3.63) is 47.1 Å². The number of benzene rings is 1. The van der Waals surface area contributed by atoms with Crippen LogP contribution in [0.25, 0.3) is 0 Å². The molecule has 13 heteroatoms. The third-order valence-electron chi connectivity index (χ3n) is 8.18. The second-order valence-corrected chi connectivity index (χ2v) is 14.6. The number of hydrogen-bond acceptors (Lipinski definition) is 10. The molecule has 2 amide bonds. The minimum absolute atomic E-state index is 0.0298. The topological polar surface area (TPSA) is 182 Å². The largest absolute Gasteiger partial charge is 0.506 e. The fraction of sp³-hybridized carbons (Fsp3) is 0.559. The Balaban J connectivity index is 2.63. The second-order valence-electron chi connectivity index (χ2n) is 12.1. The van der Waals surface area contributed by atoms with E-state index in [4.69, 9.17) is 24.4 Å². The summed E-state index contributed by atoms with van der Waals surface area (Å²) in [6.45, 7) is 11.9. The van der Waals surface area contributed by atoms with Gasteiger partial charge >= 0.3 is 6.09 Å². The van der Waals surface area contributed by atoms with Crippen LogP contribution in [-0.2, 0) is 29.9 Å². The maximum absolute atomic E-state index is 13.2. The van der Waals surface area contributed by atoms with E-state index in [0.717, 1.165) is 6.04 Å². The van der Waals surface area contributed by atoms with E-state index in [1.165, 1.54) is 26.4 Å². The van der Waals surface area contributed by atoms with Crippen molar-refractivity contribution in [2.24, 2.45) is 22.6 Å². The molecular formula is C34H53N3O9Si. The number of carbonyl (C=O) groups is 2. The molecule has 1 aliphatic rings. The summed E-state index contributed by atoms with van der Waals surface area (Å²) < 4.78 is 22.4. The van der Waals surface area contributed by atoms with Crippen LogP contribution in [0.1, 0.15) is 53.0 Å². The van der Waals surface area contributed by atoms with Gasteiger partial charge in [-0.15, -0.1) is 0 Å². The number of phenolic OH excluding ortho intramolecular Hbond substituents is 2. The maximum Gasteiger partial charge on any atom is 0.405 e. The summed E-state index contributed by atoms with van der Waals surface area (Å²) in [5.41, 5.74) is 6.87. The minimum Gasteiger partial charge on any atom is -0.506 e. The lowest BCUT2D eigenvalue weighted by Gasteiger charge is -2.29. The Labute approximate surface area is 280 Å². The van der Waals surface area contributed by atoms with Gasteiger partial charge < -0.3 is 45.0 Å². The Morgan fingerprint density at radius 1 is 1.21 bits per heavy atom. The van der Waals surface area contributed by atoms with E-state index in [-0.39, 0.29) is 40.8 Å². The van der Waals surface area contributed by atoms with Crippen molar-refractivity contribution >= 4 is 38.6 Å². The monoisotopic (exact) mass is 675 g/mol. The highest BCUT2D eigenvalue weighted by Crippen LogP contribution is 2.44. The van der Waals surface area contributed by atoms with Crippen molar-refractivity contribution in [2.75, 3.05) is 26.1 Å². The van der Waals surface area contributed by atoms with Gasteiger partial charge in [0.25, 0.3) is 5.91 Å². The van der Waals surface area contributed by atoms with Crippen LogP contribution in [0.5, 0.6) is 11.5 Å². The zero-order chi connectivity index (χ0) is 35.3. The summed E-state index contributed by atoms with van der Waals surface area (Å²) in [6, 6.07) is 2.14. The van der Waals surface area contributed by atoms with Crippen molar-refractivity contribution in [2.45, 2.75) is 90.9 Å². The second kappa shape index (κ2) is 19.4. The summed E-state index contributed by atoms with van der Waals surface area (Å²) >= 11 is 0. The third-order valence-corrected chi connectivity index (χ3v) is 10.2. The number of aliphatic hydroxyl groups excluding tert-OH is 1. The number of fused-ring (bicyclic) bond motifs is 2. The number of ether oxygens (including phenoxy) is 3. The average Bonchev–Trinajstić information content (AvgIpc) is 3.01. The molecule has 2 bridgehead atoms. The molecule has 0 aliphatic carbocycles. The Bertz CT molecular complexity index is 1330. The van der Waals surface area contributed by atoms with Crippen molar-refractivity contribution in [1.82, 2.24) is 0 Å². The van der Waals surface area contributed by atoms with Crippen LogP contribution in [0.2, 0.25) is 12.6 Å². The van der Waals surface area contributed by atoms with Crippen LogP contribution in [0.3, 0.4) is 0 Å². The normalized spacial score (nSPS) is 26.7. The van der Waals surface area contributed by atoms with E-state index < -0.39 is 51.4 Å². The molecule has 0 radical (unpaired) electrons. The number of amides is 2. The number of nitrogens with zero attached hydrogens (tertiary/aromatic N) is 1. The number of nitrogens with two attached hydrogens (primary N) is 1. The molecule has 2 rings (SSSR count). The molecule has 1 aliphatic heterocycles. The highest BCUT2D eigenvalue weighted by molar-refractivity contribution is 6.50. The zero-order valence-corrected chi connectivity index (χ0v) is 30.0. The summed E-state index contributed by atoms with van der Waals surface area (Å²) in [5, 5.41) is 36.5. The van der Waals surface area contributed by atoms with E-state index >= 15 is 0 Å². The van der Waals surface area contributed by atoms with Crippen molar-refractivity contribution in [3.63, 3.8) is 0 Å². The Kier molecular flexibility index (Phi) is 16.3. The molecule has 1 aromatic carbocycles. The van der Waals surface area contributed by atoms with Gasteiger partial charge in [0.2, 0.25) is 0 Å². The Hall–Kier alpha value is -3.49. The summed E-state index contributed by atoms with van der Waals surface area (Å²) in [4.78, 5) is 29.5. The van der Waals surface area contributed by atoms with E-state index in [1.54, 1.807) is 38.3 Å². The summed E-state index contributed by atoms with van der Waals surface area (Å²) in [7, 11) is 1.64. The maximum atomic E-state index is 13.2. The van der Waals surface area contributed by atoms with Gasteiger partial charge in [0, 0.05) is 50.2 Å². The first kappa shape index (κ1) is 39.7. The predicted octanol–water partition coefficient (Wildman–Crippen LogP) is 5.04. The molecule has 7 atom stereocenters. The molecule has 0 aromatic heterocycles. The first-order valence-electron chi connectivity index (χ1n) is 16.0. The molecular weight excluding hydrogens is 622 g/mol. The smallest absolute Gasteiger partial charge is 0.405 e. The van der Waals surface area contributed by atoms with Crippen LogP contribution < -0.4 is 11.1 Å². The van der Waals surface area contributed by atoms with Gasteiger partial charge in [-0.3, -0.25) is 9.79 Å². The van der Waals surface area contributed by atoms with Crippen LogP contribution in [0, 0.1) is 11.8 Å². The van der Waals surface area contributed by atoms with E-state index in [1.807, 2.05) is 20.8 Å². The van der Waals surface area contributed by atoms with Gasteiger partial charge in [-0.25, -0.2) is 4.79 Å². The standard InChI is InChI=1S/C34H53N3O9Si/c1-9-45-47(8)15-11-14-36-29-24-16-20(2)17-28(44-7)30(39)22(4)18-23(5)32(46-34(35)42)27(43-6)13-10-12-21(3)33(41)37-25(31(24)40)19-26(29)38/h10,12-14,18-20,22,27-28,30,32,38-40,47H,9,11,15-17H2,1-8H3,(H2,35,42)(H,37,41)/b13-10?,21-12+,23-18?,36-14?. The number of aromatic hydroxyl groups is 2. The fourth-order valence-corrected chi connectivity index (χ4v) is 6.93. The van der Waals surface area contributed by atoms with Gasteiger partial charge in [0.1, 0.15) is 23.3 Å². The molecule has 0 saturated heterocycles. The Morgan fingerprint density at radius 2 is 1.91 bits per heavy atom. The first-order valence-corrected chi connectivity index (χ1v) is 18.4. The molecule has 0 saturated carbocycles.